The van der Waals surface area contributed by atoms with Gasteiger partial charge in [0.1, 0.15) is 24.0 Å². The Labute approximate surface area is 467 Å². The van der Waals surface area contributed by atoms with Crippen LogP contribution in [-0.2, 0) is 31.0 Å². The zero-order chi connectivity index (χ0) is 56.0. The van der Waals surface area contributed by atoms with E-state index in [9.17, 15) is 9.59 Å². The van der Waals surface area contributed by atoms with Gasteiger partial charge < -0.3 is 27.0 Å². The molecule has 0 spiro atoms. The number of amides is 2. The first-order chi connectivity index (χ1) is 38.7. The number of nitrogens with zero attached hydrogens (tertiary/aromatic N) is 10. The summed E-state index contributed by atoms with van der Waals surface area (Å²) in [6, 6.07) is 55.9. The van der Waals surface area contributed by atoms with Gasteiger partial charge in [-0.2, -0.15) is 5.26 Å². The largest absolute Gasteiger partial charge is 0.370 e. The molecule has 2 unspecified atom stereocenters. The van der Waals surface area contributed by atoms with E-state index in [0.29, 0.717) is 36.6 Å². The van der Waals surface area contributed by atoms with Crippen molar-refractivity contribution in [3.05, 3.63) is 216 Å². The Balaban J connectivity index is 0.000000144. The molecule has 6 aromatic carbocycles. The quantitative estimate of drug-likeness (QED) is 0.118. The fraction of sp³-hybridized carbons (Fsp3) is 0.281. The van der Waals surface area contributed by atoms with Crippen LogP contribution < -0.4 is 17.2 Å². The second-order valence-corrected chi connectivity index (χ2v) is 21.6. The van der Waals surface area contributed by atoms with Gasteiger partial charge in [0.2, 0.25) is 11.9 Å². The third-order valence-corrected chi connectivity index (χ3v) is 15.9. The van der Waals surface area contributed by atoms with Crippen molar-refractivity contribution < 1.29 is 14.4 Å². The Morgan fingerprint density at radius 2 is 1.19 bits per heavy atom. The second-order valence-electron chi connectivity index (χ2n) is 21.6. The molecule has 0 radical (unpaired) electrons. The minimum absolute atomic E-state index is 0.107. The van der Waals surface area contributed by atoms with Crippen LogP contribution in [0.25, 0.3) is 22.3 Å². The minimum Gasteiger partial charge on any atom is -0.370 e. The van der Waals surface area contributed by atoms with Crippen molar-refractivity contribution in [1.82, 2.24) is 29.7 Å². The van der Waals surface area contributed by atoms with Gasteiger partial charge in [0.15, 0.2) is 17.5 Å². The van der Waals surface area contributed by atoms with Crippen LogP contribution in [0.3, 0.4) is 0 Å². The predicted octanol–water partition coefficient (Wildman–Crippen LogP) is 8.38. The summed E-state index contributed by atoms with van der Waals surface area (Å²) in [5.74, 6) is 2.11. The zero-order valence-corrected chi connectivity index (χ0v) is 45.6. The lowest BCUT2D eigenvalue weighted by atomic mass is 9.82. The molecule has 5 aliphatic rings. The molecule has 80 heavy (non-hydrogen) atoms. The number of hydrogen-bond donors (Lipinski definition) is 3. The molecule has 1 aromatic heterocycles. The molecule has 0 bridgehead atoms. The SMILES string of the molecule is CN1CC(C)(c2cccc(-c3cccc(C#N)c3)c2)N=C1N.CN1OCC(C)(c2cccc(-c3cncnc3)c2)N=C1N.NC1=NC(c2ccccc2)(c2ccccc2)C(=O)N1CC1CCN(C(=O)[C@@H]2C[C@H]2c2ccccc2)CC1. The van der Waals surface area contributed by atoms with E-state index in [1.807, 2.05) is 151 Å². The summed E-state index contributed by atoms with van der Waals surface area (Å²) in [5.41, 5.74) is 26.1. The monoisotopic (exact) mass is 1070 g/mol. The number of hydrogen-bond acceptors (Lipinski definition) is 14. The Morgan fingerprint density at radius 1 is 0.650 bits per heavy atom. The van der Waals surface area contributed by atoms with Crippen LogP contribution in [0, 0.1) is 23.2 Å². The molecule has 2 amide bonds. The zero-order valence-electron chi connectivity index (χ0n) is 45.6. The summed E-state index contributed by atoms with van der Waals surface area (Å²) >= 11 is 0. The standard InChI is InChI=1S/C31H32N4O2.C18H18N4.C15H17N5O/c32-30-33-31(24-12-6-2-7-13-24,25-14-8-3-9-15-25)29(37)35(30)21-22-16-18-34(19-17-22)28(36)27-20-26(27)23-10-4-1-5-11-23;1-18(12-22(2)17(20)21-18)16-8-4-7-15(10-16)14-6-3-5-13(9-14)11-19;1-15(9-21-20(2)14(16)19-15)13-5-3-4-11(6-13)12-7-17-10-18-8-12/h1-15,22,26-27H,16-21H2,(H2,32,33);3-10H,12H2,1-2H3,(H2,20,21);3-8,10H,9H2,1-2H3,(H2,16,19)/t26-,27+;;/m0../s1. The van der Waals surface area contributed by atoms with E-state index in [1.165, 1.54) is 17.0 Å². The van der Waals surface area contributed by atoms with Crippen LogP contribution in [0.4, 0.5) is 0 Å². The number of benzene rings is 6. The number of aliphatic imine (C=N–C) groups is 3. The molecule has 6 N–H and O–H groups in total. The number of nitriles is 1. The van der Waals surface area contributed by atoms with Crippen molar-refractivity contribution in [2.75, 3.05) is 46.9 Å². The third kappa shape index (κ3) is 11.4. The highest BCUT2D eigenvalue weighted by Gasteiger charge is 2.51. The van der Waals surface area contributed by atoms with Crippen LogP contribution in [0.5, 0.6) is 0 Å². The van der Waals surface area contributed by atoms with Gasteiger partial charge in [-0.1, -0.05) is 140 Å². The Morgan fingerprint density at radius 3 is 1.76 bits per heavy atom. The average Bonchev–Trinajstić information content (AvgIpc) is 4.21. The highest BCUT2D eigenvalue weighted by atomic mass is 16.7. The molecular weight excluding hydrogens is 999 g/mol. The number of rotatable bonds is 10. The van der Waals surface area contributed by atoms with E-state index in [0.717, 1.165) is 83.4 Å². The van der Waals surface area contributed by atoms with Gasteiger partial charge in [0, 0.05) is 64.1 Å². The number of likely N-dealkylation sites (tertiary alicyclic amines) is 1. The van der Waals surface area contributed by atoms with Crippen molar-refractivity contribution in [3.63, 3.8) is 0 Å². The highest BCUT2D eigenvalue weighted by Crippen LogP contribution is 2.49. The van der Waals surface area contributed by atoms with E-state index >= 15 is 0 Å². The smallest absolute Gasteiger partial charge is 0.266 e. The van der Waals surface area contributed by atoms with Gasteiger partial charge in [-0.15, -0.1) is 0 Å². The molecule has 1 aliphatic carbocycles. The molecule has 7 aromatic rings. The number of piperidine rings is 1. The second kappa shape index (κ2) is 23.0. The summed E-state index contributed by atoms with van der Waals surface area (Å²) < 4.78 is 0. The normalized spacial score (nSPS) is 22.1. The molecule has 406 valence electrons. The molecule has 2 fully saturated rings. The predicted molar refractivity (Wildman–Crippen MR) is 312 cm³/mol. The third-order valence-electron chi connectivity index (χ3n) is 15.9. The minimum atomic E-state index is -1.16. The molecule has 5 heterocycles. The molecule has 4 aliphatic heterocycles. The van der Waals surface area contributed by atoms with Gasteiger partial charge in [0.05, 0.1) is 11.6 Å². The van der Waals surface area contributed by atoms with E-state index in [-0.39, 0.29) is 35.1 Å². The van der Waals surface area contributed by atoms with Crippen molar-refractivity contribution in [2.45, 2.75) is 55.6 Å². The van der Waals surface area contributed by atoms with Gasteiger partial charge >= 0.3 is 0 Å². The maximum atomic E-state index is 14.0. The van der Waals surface area contributed by atoms with E-state index in [4.69, 9.17) is 32.3 Å². The van der Waals surface area contributed by atoms with Crippen LogP contribution in [0.15, 0.2) is 197 Å². The summed E-state index contributed by atoms with van der Waals surface area (Å²) in [6.07, 6.45) is 7.75. The molecule has 4 atom stereocenters. The average molecular weight is 1070 g/mol. The van der Waals surface area contributed by atoms with E-state index < -0.39 is 11.1 Å². The number of likely N-dealkylation sites (N-methyl/N-ethyl adjacent to an activating group) is 1. The van der Waals surface area contributed by atoms with Crippen molar-refractivity contribution >= 4 is 29.7 Å². The van der Waals surface area contributed by atoms with Gasteiger partial charge in [-0.25, -0.2) is 30.0 Å². The van der Waals surface area contributed by atoms with Gasteiger partial charge in [0.25, 0.3) is 5.91 Å². The molecular formula is C64H67N13O3. The van der Waals surface area contributed by atoms with Crippen LogP contribution >= 0.6 is 0 Å². The first-order valence-corrected chi connectivity index (χ1v) is 27.1. The number of nitrogens with two attached hydrogens (primary N) is 3. The number of carbonyl (C=O) groups excluding carboxylic acids is 2. The highest BCUT2D eigenvalue weighted by molar-refractivity contribution is 6.09. The summed E-state index contributed by atoms with van der Waals surface area (Å²) in [5, 5.41) is 10.5. The number of hydroxylamine groups is 2. The summed E-state index contributed by atoms with van der Waals surface area (Å²) in [7, 11) is 3.69. The van der Waals surface area contributed by atoms with Crippen LogP contribution in [0.1, 0.15) is 72.4 Å². The van der Waals surface area contributed by atoms with Crippen molar-refractivity contribution in [1.29, 1.82) is 5.26 Å². The van der Waals surface area contributed by atoms with Gasteiger partial charge in [-0.05, 0) is 114 Å². The number of aromatic nitrogens is 2. The molecule has 16 nitrogen and oxygen atoms in total. The van der Waals surface area contributed by atoms with E-state index in [2.05, 4.69) is 69.3 Å². The number of carbonyl (C=O) groups is 2. The molecule has 1 saturated heterocycles. The fourth-order valence-corrected chi connectivity index (χ4v) is 11.2. The Bertz CT molecular complexity index is 3430. The number of guanidine groups is 3. The Hall–Kier alpha value is -9.20. The van der Waals surface area contributed by atoms with Crippen molar-refractivity contribution in [2.24, 2.45) is 44.0 Å². The van der Waals surface area contributed by atoms with Gasteiger partial charge in [-0.3, -0.25) is 19.3 Å². The first kappa shape index (κ1) is 54.2. The molecule has 16 heteroatoms. The van der Waals surface area contributed by atoms with Crippen LogP contribution in [0.2, 0.25) is 0 Å². The molecule has 12 rings (SSSR count). The summed E-state index contributed by atoms with van der Waals surface area (Å²) in [6.45, 7) is 7.28. The maximum absolute atomic E-state index is 14.0. The van der Waals surface area contributed by atoms with Crippen molar-refractivity contribution in [3.8, 4) is 28.3 Å². The topological polar surface area (TPSA) is 221 Å². The fourth-order valence-electron chi connectivity index (χ4n) is 11.2. The first-order valence-electron chi connectivity index (χ1n) is 27.1. The lowest BCUT2D eigenvalue weighted by molar-refractivity contribution is -0.135. The maximum Gasteiger partial charge on any atom is 0.266 e. The van der Waals surface area contributed by atoms with Crippen LogP contribution in [-0.4, -0.2) is 106 Å². The lowest BCUT2D eigenvalue weighted by Crippen LogP contribution is -2.48. The molecule has 1 saturated carbocycles. The summed E-state index contributed by atoms with van der Waals surface area (Å²) in [4.78, 5) is 60.4. The van der Waals surface area contributed by atoms with E-state index in [1.54, 1.807) is 24.3 Å². The lowest BCUT2D eigenvalue weighted by Gasteiger charge is -2.34. The Kier molecular flexibility index (Phi) is 15.6.